The fourth-order valence-electron chi connectivity index (χ4n) is 5.22. The molecule has 1 saturated heterocycles. The van der Waals surface area contributed by atoms with Crippen LogP contribution in [-0.4, -0.2) is 50.8 Å². The van der Waals surface area contributed by atoms with E-state index in [9.17, 15) is 4.79 Å². The lowest BCUT2D eigenvalue weighted by Gasteiger charge is -2.23. The Labute approximate surface area is 213 Å². The van der Waals surface area contributed by atoms with E-state index >= 15 is 0 Å². The van der Waals surface area contributed by atoms with E-state index in [1.54, 1.807) is 31.6 Å². The number of aromatic nitrogens is 5. The van der Waals surface area contributed by atoms with E-state index in [0.717, 1.165) is 59.3 Å². The number of nitrogens with zero attached hydrogens (tertiary/aromatic N) is 5. The Balaban J connectivity index is 1.59. The molecule has 0 bridgehead atoms. The summed E-state index contributed by atoms with van der Waals surface area (Å²) in [4.78, 5) is 27.4. The smallest absolute Gasteiger partial charge is 0.246 e. The van der Waals surface area contributed by atoms with Gasteiger partial charge in [-0.15, -0.1) is 0 Å². The van der Waals surface area contributed by atoms with Gasteiger partial charge in [0.05, 0.1) is 35.6 Å². The normalized spacial score (nSPS) is 14.5. The maximum Gasteiger partial charge on any atom is 0.246 e. The Hall–Kier alpha value is -4.11. The summed E-state index contributed by atoms with van der Waals surface area (Å²) in [6.45, 7) is 5.88. The summed E-state index contributed by atoms with van der Waals surface area (Å²) < 4.78 is 18.9. The summed E-state index contributed by atoms with van der Waals surface area (Å²) in [5.41, 5.74) is 5.19. The van der Waals surface area contributed by atoms with Gasteiger partial charge in [-0.2, -0.15) is 0 Å². The zero-order valence-corrected chi connectivity index (χ0v) is 21.0. The maximum absolute atomic E-state index is 13.6. The third kappa shape index (κ3) is 4.05. The lowest BCUT2D eigenvalue weighted by atomic mass is 9.99. The van der Waals surface area contributed by atoms with Gasteiger partial charge in [-0.3, -0.25) is 14.8 Å². The second kappa shape index (κ2) is 9.40. The largest absolute Gasteiger partial charge is 0.496 e. The molecule has 1 aliphatic rings. The number of benzene rings is 1. The number of pyridine rings is 2. The summed E-state index contributed by atoms with van der Waals surface area (Å²) >= 11 is 0. The third-order valence-corrected chi connectivity index (χ3v) is 7.08. The highest BCUT2D eigenvalue weighted by Crippen LogP contribution is 2.39. The van der Waals surface area contributed by atoms with Gasteiger partial charge in [0.25, 0.3) is 0 Å². The van der Waals surface area contributed by atoms with E-state index in [1.807, 2.05) is 36.6 Å². The SMILES string of the molecule is COc1cc2c(cc1-c1c(C)noc1C)ncc1nc(C(=O)c3ccccn3)n(CC3CCOCC3)c12. The molecule has 1 aromatic carbocycles. The predicted octanol–water partition coefficient (Wildman–Crippen LogP) is 4.92. The predicted molar refractivity (Wildman–Crippen MR) is 138 cm³/mol. The molecule has 0 N–H and O–H groups in total. The molecule has 9 nitrogen and oxygen atoms in total. The average Bonchev–Trinajstić information content (AvgIpc) is 3.47. The van der Waals surface area contributed by atoms with Crippen LogP contribution in [0.3, 0.4) is 0 Å². The van der Waals surface area contributed by atoms with Crippen molar-refractivity contribution in [3.63, 3.8) is 0 Å². The van der Waals surface area contributed by atoms with Crippen molar-refractivity contribution in [3.8, 4) is 16.9 Å². The van der Waals surface area contributed by atoms with Crippen LogP contribution in [0, 0.1) is 19.8 Å². The van der Waals surface area contributed by atoms with Crippen LogP contribution >= 0.6 is 0 Å². The first-order valence-electron chi connectivity index (χ1n) is 12.4. The molecule has 9 heteroatoms. The number of ether oxygens (including phenoxy) is 2. The summed E-state index contributed by atoms with van der Waals surface area (Å²) in [6.07, 6.45) is 5.21. The van der Waals surface area contributed by atoms with Crippen LogP contribution in [-0.2, 0) is 11.3 Å². The Morgan fingerprint density at radius 2 is 1.97 bits per heavy atom. The molecule has 188 valence electrons. The van der Waals surface area contributed by atoms with Crippen LogP contribution in [0.15, 0.2) is 47.2 Å². The molecule has 0 saturated carbocycles. The van der Waals surface area contributed by atoms with Gasteiger partial charge in [0, 0.05) is 36.9 Å². The summed E-state index contributed by atoms with van der Waals surface area (Å²) in [6, 6.07) is 9.29. The number of carbonyl (C=O) groups excluding carboxylic acids is 1. The molecule has 0 spiro atoms. The van der Waals surface area contributed by atoms with Crippen molar-refractivity contribution in [2.75, 3.05) is 20.3 Å². The molecule has 1 aliphatic heterocycles. The first-order chi connectivity index (χ1) is 18.0. The van der Waals surface area contributed by atoms with Crippen molar-refractivity contribution in [1.82, 2.24) is 24.7 Å². The first-order valence-corrected chi connectivity index (χ1v) is 12.4. The molecule has 0 aliphatic carbocycles. The number of aryl methyl sites for hydroxylation is 2. The topological polar surface area (TPSA) is 105 Å². The standard InChI is InChI=1S/C28H27N5O4/c1-16-25(17(2)37-32-16)20-12-22-19(13-24(20)35-3)26-23(14-30-22)31-28(27(34)21-6-4-5-9-29-21)33(26)15-18-7-10-36-11-8-18/h4-6,9,12-14,18H,7-8,10-11,15H2,1-3H3. The van der Waals surface area contributed by atoms with Gasteiger partial charge in [0.1, 0.15) is 22.7 Å². The van der Waals surface area contributed by atoms with Gasteiger partial charge < -0.3 is 18.6 Å². The monoisotopic (exact) mass is 497 g/mol. The highest BCUT2D eigenvalue weighted by molar-refractivity contribution is 6.11. The average molecular weight is 498 g/mol. The van der Waals surface area contributed by atoms with E-state index in [4.69, 9.17) is 24.0 Å². The van der Waals surface area contributed by atoms with Crippen LogP contribution < -0.4 is 4.74 Å². The van der Waals surface area contributed by atoms with Crippen molar-refractivity contribution < 1.29 is 18.8 Å². The van der Waals surface area contributed by atoms with Crippen molar-refractivity contribution >= 4 is 27.7 Å². The Morgan fingerprint density at radius 1 is 1.14 bits per heavy atom. The Morgan fingerprint density at radius 3 is 2.68 bits per heavy atom. The van der Waals surface area contributed by atoms with Gasteiger partial charge >= 0.3 is 0 Å². The molecule has 5 aromatic rings. The van der Waals surface area contributed by atoms with Gasteiger partial charge in [0.15, 0.2) is 5.82 Å². The van der Waals surface area contributed by atoms with Gasteiger partial charge in [-0.05, 0) is 56.9 Å². The Kier molecular flexibility index (Phi) is 5.92. The molecule has 6 rings (SSSR count). The second-order valence-corrected chi connectivity index (χ2v) is 9.41. The van der Waals surface area contributed by atoms with Crippen molar-refractivity contribution in [2.24, 2.45) is 5.92 Å². The van der Waals surface area contributed by atoms with Crippen LogP contribution in [0.5, 0.6) is 5.75 Å². The maximum atomic E-state index is 13.6. The highest BCUT2D eigenvalue weighted by atomic mass is 16.5. The molecule has 0 atom stereocenters. The van der Waals surface area contributed by atoms with E-state index in [2.05, 4.69) is 10.1 Å². The van der Waals surface area contributed by atoms with Gasteiger partial charge in [-0.1, -0.05) is 11.2 Å². The molecule has 4 aromatic heterocycles. The minimum Gasteiger partial charge on any atom is -0.496 e. The first kappa shape index (κ1) is 23.3. The number of imidazole rings is 1. The lowest BCUT2D eigenvalue weighted by Crippen LogP contribution is -2.23. The second-order valence-electron chi connectivity index (χ2n) is 9.41. The number of ketones is 1. The molecule has 0 unspecified atom stereocenters. The quantitative estimate of drug-likeness (QED) is 0.305. The van der Waals surface area contributed by atoms with Crippen LogP contribution in [0.1, 0.15) is 40.6 Å². The Bertz CT molecular complexity index is 1600. The van der Waals surface area contributed by atoms with Crippen molar-refractivity contribution in [2.45, 2.75) is 33.2 Å². The number of hydrogen-bond donors (Lipinski definition) is 0. The minimum atomic E-state index is -0.212. The molecule has 37 heavy (non-hydrogen) atoms. The van der Waals surface area contributed by atoms with E-state index in [-0.39, 0.29) is 5.78 Å². The fraction of sp³-hybridized carbons (Fsp3) is 0.321. The molecular weight excluding hydrogens is 470 g/mol. The molecule has 5 heterocycles. The number of fused-ring (bicyclic) bond motifs is 3. The number of rotatable bonds is 6. The lowest BCUT2D eigenvalue weighted by molar-refractivity contribution is 0.0613. The molecular formula is C28H27N5O4. The third-order valence-electron chi connectivity index (χ3n) is 7.08. The molecule has 0 amide bonds. The highest BCUT2D eigenvalue weighted by Gasteiger charge is 2.26. The summed E-state index contributed by atoms with van der Waals surface area (Å²) in [5, 5.41) is 4.98. The van der Waals surface area contributed by atoms with Crippen molar-refractivity contribution in [1.29, 1.82) is 0 Å². The fourth-order valence-corrected chi connectivity index (χ4v) is 5.22. The molecule has 1 fully saturated rings. The van der Waals surface area contributed by atoms with Crippen molar-refractivity contribution in [3.05, 3.63) is 65.7 Å². The van der Waals surface area contributed by atoms with Gasteiger partial charge in [-0.25, -0.2) is 4.98 Å². The van der Waals surface area contributed by atoms with Crippen LogP contribution in [0.25, 0.3) is 33.1 Å². The van der Waals surface area contributed by atoms with Crippen LogP contribution in [0.4, 0.5) is 0 Å². The molecule has 0 radical (unpaired) electrons. The zero-order chi connectivity index (χ0) is 25.5. The van der Waals surface area contributed by atoms with E-state index in [0.29, 0.717) is 41.0 Å². The zero-order valence-electron chi connectivity index (χ0n) is 21.0. The van der Waals surface area contributed by atoms with E-state index < -0.39 is 0 Å². The van der Waals surface area contributed by atoms with Gasteiger partial charge in [0.2, 0.25) is 5.78 Å². The van der Waals surface area contributed by atoms with E-state index in [1.165, 1.54) is 0 Å². The minimum absolute atomic E-state index is 0.212. The number of carbonyl (C=O) groups is 1. The number of methoxy groups -OCH3 is 1. The van der Waals surface area contributed by atoms with Crippen LogP contribution in [0.2, 0.25) is 0 Å². The summed E-state index contributed by atoms with van der Waals surface area (Å²) in [5.74, 6) is 1.91. The number of hydrogen-bond acceptors (Lipinski definition) is 8. The summed E-state index contributed by atoms with van der Waals surface area (Å²) in [7, 11) is 1.64.